The van der Waals surface area contributed by atoms with Gasteiger partial charge in [0.1, 0.15) is 12.1 Å². The quantitative estimate of drug-likeness (QED) is 0.0746. The summed E-state index contributed by atoms with van der Waals surface area (Å²) in [6.45, 7) is 6.86. The van der Waals surface area contributed by atoms with E-state index in [-0.39, 0.29) is 25.3 Å². The van der Waals surface area contributed by atoms with E-state index in [0.717, 1.165) is 44.1 Å². The van der Waals surface area contributed by atoms with E-state index in [1.54, 1.807) is 45.0 Å². The smallest absolute Gasteiger partial charge is 0.261 e. The molecule has 0 saturated heterocycles. The number of hydrogen-bond acceptors (Lipinski definition) is 11. The molecule has 19 heteroatoms. The van der Waals surface area contributed by atoms with Crippen molar-refractivity contribution >= 4 is 41.8 Å². The summed E-state index contributed by atoms with van der Waals surface area (Å²) in [6, 6.07) is 6.81. The van der Waals surface area contributed by atoms with Crippen molar-refractivity contribution in [1.29, 1.82) is 0 Å². The normalized spacial score (nSPS) is 17.2. The van der Waals surface area contributed by atoms with E-state index in [4.69, 9.17) is 4.55 Å². The van der Waals surface area contributed by atoms with Crippen molar-refractivity contribution < 1.29 is 49.6 Å². The van der Waals surface area contributed by atoms with Crippen LogP contribution in [-0.4, -0.2) is 115 Å². The Morgan fingerprint density at radius 1 is 0.927 bits per heavy atom. The summed E-state index contributed by atoms with van der Waals surface area (Å²) in [6.07, 6.45) is 6.92. The maximum absolute atomic E-state index is 14.1. The fourth-order valence-corrected chi connectivity index (χ4v) is 8.68. The highest BCUT2D eigenvalue weighted by molar-refractivity contribution is 7.92. The Labute approximate surface area is 326 Å². The van der Waals surface area contributed by atoms with Crippen molar-refractivity contribution in [2.24, 2.45) is 11.8 Å². The highest BCUT2D eigenvalue weighted by atomic mass is 32.2. The van der Waals surface area contributed by atoms with Gasteiger partial charge in [-0.2, -0.15) is 8.42 Å². The average molecular weight is 836 g/mol. The first kappa shape index (κ1) is 48.2. The van der Waals surface area contributed by atoms with Crippen molar-refractivity contribution in [3.05, 3.63) is 54.1 Å². The minimum atomic E-state index is -3.91. The molecule has 1 fully saturated rings. The predicted octanol–water partition coefficient (Wildman–Crippen LogP) is 1.91. The molecule has 1 unspecified atom stereocenters. The van der Waals surface area contributed by atoms with Crippen LogP contribution in [0.25, 0.3) is 0 Å². The number of benzene rings is 1. The minimum absolute atomic E-state index is 0.0217. The second-order valence-corrected chi connectivity index (χ2v) is 21.4. The lowest BCUT2D eigenvalue weighted by molar-refractivity contribution is -0.132. The Bertz CT molecular complexity index is 1770. The monoisotopic (exact) mass is 835 g/mol. The van der Waals surface area contributed by atoms with Crippen LogP contribution in [0.2, 0.25) is 0 Å². The number of H-pyrrole nitrogens is 1. The second kappa shape index (κ2) is 22.1. The molecule has 0 aliphatic heterocycles. The highest BCUT2D eigenvalue weighted by Gasteiger charge is 2.38. The highest BCUT2D eigenvalue weighted by Crippen LogP contribution is 2.29. The SMILES string of the molecule is CCCCNS(=O)(=O)C[C@@H](O)[C@@H](O)[C@@H](CC1CCCCC1)NC(=O)[C@H](Cc1cnc[nH]1)NC(=O)C(Cc1ccccc1)CS(=O)(=O)C(C)(C)C.CS(=O)(=O)O. The largest absolute Gasteiger partial charge is 0.389 e. The topological polar surface area (TPSA) is 262 Å². The molecular weight excluding hydrogens is 775 g/mol. The molecule has 3 rings (SSSR count). The van der Waals surface area contributed by atoms with E-state index in [9.17, 15) is 45.1 Å². The Kier molecular flexibility index (Phi) is 19.4. The first-order chi connectivity index (χ1) is 25.5. The molecule has 0 bridgehead atoms. The van der Waals surface area contributed by atoms with Crippen LogP contribution in [0.5, 0.6) is 0 Å². The Morgan fingerprint density at radius 2 is 1.55 bits per heavy atom. The minimum Gasteiger partial charge on any atom is -0.389 e. The summed E-state index contributed by atoms with van der Waals surface area (Å²) in [4.78, 5) is 35.0. The number of nitrogens with zero attached hydrogens (tertiary/aromatic N) is 1. The van der Waals surface area contributed by atoms with Crippen molar-refractivity contribution in [2.45, 2.75) is 121 Å². The third-order valence-electron chi connectivity index (χ3n) is 9.35. The molecule has 5 atom stereocenters. The standard InChI is InChI=1S/C35H57N5O8S2.CH4O3S/c1-5-6-17-38-50(47,48)23-31(41)32(42)29(19-26-15-11-8-12-16-26)39-34(44)30(20-28-21-36-24-37-28)40-33(43)27(18-25-13-9-7-10-14-25)22-49(45,46)35(2,3)4;1-5(2,3)4/h7,9-10,13-14,21,24,26-27,29-32,38,41-42H,5-6,8,11-12,15-20,22-23H2,1-4H3,(H,36,37)(H,39,44)(H,40,43);1H3,(H,2,3,4)/t27?,29-,30+,31-,32+;/m1./s1. The van der Waals surface area contributed by atoms with Crippen LogP contribution in [0.3, 0.4) is 0 Å². The molecule has 314 valence electrons. The third-order valence-corrected chi connectivity index (χ3v) is 13.5. The number of sulfone groups is 1. The molecule has 0 radical (unpaired) electrons. The van der Waals surface area contributed by atoms with Crippen LogP contribution in [0, 0.1) is 11.8 Å². The molecule has 1 heterocycles. The fourth-order valence-electron chi connectivity index (χ4n) is 6.16. The van der Waals surface area contributed by atoms with Crippen LogP contribution < -0.4 is 15.4 Å². The lowest BCUT2D eigenvalue weighted by atomic mass is 9.83. The predicted molar refractivity (Wildman–Crippen MR) is 211 cm³/mol. The molecule has 1 aliphatic carbocycles. The molecule has 1 aliphatic rings. The van der Waals surface area contributed by atoms with Crippen LogP contribution >= 0.6 is 0 Å². The molecule has 2 amide bonds. The molecule has 55 heavy (non-hydrogen) atoms. The zero-order valence-corrected chi connectivity index (χ0v) is 34.9. The molecule has 7 N–H and O–H groups in total. The number of amides is 2. The first-order valence-corrected chi connectivity index (χ1v) is 23.8. The van der Waals surface area contributed by atoms with Gasteiger partial charge in [-0.1, -0.05) is 75.8 Å². The molecular formula is C36H61N5O11S3. The van der Waals surface area contributed by atoms with E-state index < -0.39 is 88.3 Å². The number of hydrogen-bond donors (Lipinski definition) is 7. The summed E-state index contributed by atoms with van der Waals surface area (Å²) in [5.74, 6) is -3.36. The Morgan fingerprint density at radius 3 is 2.09 bits per heavy atom. The van der Waals surface area contributed by atoms with Gasteiger partial charge >= 0.3 is 0 Å². The van der Waals surface area contributed by atoms with Crippen LogP contribution in [0.15, 0.2) is 42.9 Å². The summed E-state index contributed by atoms with van der Waals surface area (Å²) < 4.78 is 79.1. The summed E-state index contributed by atoms with van der Waals surface area (Å²) in [5.41, 5.74) is 1.29. The van der Waals surface area contributed by atoms with Crippen LogP contribution in [-0.2, 0) is 52.4 Å². The number of nitrogens with one attached hydrogen (secondary N) is 4. The first-order valence-electron chi connectivity index (χ1n) is 18.6. The number of aliphatic hydroxyl groups excluding tert-OH is 2. The molecule has 0 spiro atoms. The van der Waals surface area contributed by atoms with Crippen LogP contribution in [0.1, 0.15) is 90.3 Å². The van der Waals surface area contributed by atoms with Gasteiger partial charge in [0.2, 0.25) is 21.8 Å². The van der Waals surface area contributed by atoms with Crippen LogP contribution in [0.4, 0.5) is 0 Å². The number of aliphatic hydroxyl groups is 2. The van der Waals surface area contributed by atoms with E-state index in [0.29, 0.717) is 24.8 Å². The number of carbonyl (C=O) groups is 2. The van der Waals surface area contributed by atoms with Gasteiger partial charge in [0, 0.05) is 24.9 Å². The summed E-state index contributed by atoms with van der Waals surface area (Å²) >= 11 is 0. The number of imidazole rings is 1. The Hall–Kier alpha value is -2.94. The number of aromatic nitrogens is 2. The fraction of sp³-hybridized carbons (Fsp3) is 0.694. The number of sulfonamides is 1. The molecule has 2 aromatic rings. The van der Waals surface area contributed by atoms with E-state index in [1.807, 2.05) is 13.0 Å². The average Bonchev–Trinajstić information content (AvgIpc) is 3.59. The number of aromatic amines is 1. The molecule has 1 saturated carbocycles. The maximum Gasteiger partial charge on any atom is 0.261 e. The third kappa shape index (κ3) is 18.7. The van der Waals surface area contributed by atoms with Crippen molar-refractivity contribution in [2.75, 3.05) is 24.3 Å². The van der Waals surface area contributed by atoms with E-state index in [1.165, 1.54) is 12.5 Å². The number of rotatable bonds is 20. The van der Waals surface area contributed by atoms with Gasteiger partial charge in [0.25, 0.3) is 10.1 Å². The van der Waals surface area contributed by atoms with Gasteiger partial charge in [-0.05, 0) is 51.5 Å². The van der Waals surface area contributed by atoms with Gasteiger partial charge in [0.15, 0.2) is 9.84 Å². The van der Waals surface area contributed by atoms with Gasteiger partial charge in [0.05, 0.1) is 46.9 Å². The lowest BCUT2D eigenvalue weighted by Gasteiger charge is -2.33. The van der Waals surface area contributed by atoms with Gasteiger partial charge in [-0.15, -0.1) is 0 Å². The number of unbranched alkanes of at least 4 members (excludes halogenated alkanes) is 1. The Balaban J connectivity index is 0.00000196. The van der Waals surface area contributed by atoms with Crippen molar-refractivity contribution in [3.8, 4) is 0 Å². The van der Waals surface area contributed by atoms with Crippen molar-refractivity contribution in [3.63, 3.8) is 0 Å². The molecule has 16 nitrogen and oxygen atoms in total. The van der Waals surface area contributed by atoms with E-state index in [2.05, 4.69) is 25.3 Å². The molecule has 1 aromatic heterocycles. The summed E-state index contributed by atoms with van der Waals surface area (Å²) in [7, 11) is -11.3. The van der Waals surface area contributed by atoms with Gasteiger partial charge in [-0.25, -0.2) is 26.5 Å². The van der Waals surface area contributed by atoms with Gasteiger partial charge in [-0.3, -0.25) is 14.1 Å². The zero-order valence-electron chi connectivity index (χ0n) is 32.5. The zero-order chi connectivity index (χ0) is 41.5. The van der Waals surface area contributed by atoms with Crippen molar-refractivity contribution in [1.82, 2.24) is 25.3 Å². The van der Waals surface area contributed by atoms with E-state index >= 15 is 0 Å². The molecule has 1 aromatic carbocycles. The summed E-state index contributed by atoms with van der Waals surface area (Å²) in [5, 5.41) is 27.9. The lowest BCUT2D eigenvalue weighted by Crippen LogP contribution is -2.57. The maximum atomic E-state index is 14.1. The van der Waals surface area contributed by atoms with Gasteiger partial charge < -0.3 is 25.8 Å². The second-order valence-electron chi connectivity index (χ2n) is 15.3. The number of carbonyl (C=O) groups excluding carboxylic acids is 2.